The van der Waals surface area contributed by atoms with Crippen molar-refractivity contribution in [2.24, 2.45) is 5.73 Å². The van der Waals surface area contributed by atoms with E-state index in [-0.39, 0.29) is 12.8 Å². The molecule has 0 saturated carbocycles. The fourth-order valence-corrected chi connectivity index (χ4v) is 7.32. The van der Waals surface area contributed by atoms with Crippen molar-refractivity contribution >= 4 is 38.6 Å². The van der Waals surface area contributed by atoms with Crippen LogP contribution in [0.3, 0.4) is 0 Å². The zero-order chi connectivity index (χ0) is 34.6. The number of carbonyl (C=O) groups excluding carboxylic acids is 3. The van der Waals surface area contributed by atoms with Crippen molar-refractivity contribution in [3.8, 4) is 11.3 Å². The summed E-state index contributed by atoms with van der Waals surface area (Å²) in [4.78, 5) is 46.2. The Balaban J connectivity index is 1.59. The third-order valence-corrected chi connectivity index (χ3v) is 9.88. The fourth-order valence-electron chi connectivity index (χ4n) is 5.89. The van der Waals surface area contributed by atoms with Crippen molar-refractivity contribution in [3.05, 3.63) is 126 Å². The molecule has 11 nitrogen and oxygen atoms in total. The highest BCUT2D eigenvalue weighted by molar-refractivity contribution is 7.89. The number of aromatic nitrogens is 2. The number of primary amides is 1. The highest BCUT2D eigenvalue weighted by atomic mass is 32.2. The topological polar surface area (TPSA) is 160 Å². The minimum atomic E-state index is -4.49. The van der Waals surface area contributed by atoms with Gasteiger partial charge in [-0.1, -0.05) is 70.9 Å². The van der Waals surface area contributed by atoms with E-state index < -0.39 is 45.6 Å². The van der Waals surface area contributed by atoms with E-state index in [0.717, 1.165) is 33.7 Å². The minimum Gasteiger partial charge on any atom is -0.368 e. The summed E-state index contributed by atoms with van der Waals surface area (Å²) >= 11 is 0. The molecule has 2 unspecified atom stereocenters. The van der Waals surface area contributed by atoms with Gasteiger partial charge in [0.15, 0.2) is 5.76 Å². The fraction of sp³-hybridized carbons (Fsp3) is 0.222. The number of para-hydroxylation sites is 1. The summed E-state index contributed by atoms with van der Waals surface area (Å²) in [6.45, 7) is 7.27. The average molecular weight is 668 g/mol. The molecule has 0 aliphatic carbocycles. The number of rotatable bonds is 13. The number of likely N-dealkylation sites (N-methyl/N-ethyl adjacent to an activating group) is 1. The van der Waals surface area contributed by atoms with E-state index >= 15 is 0 Å². The Hall–Kier alpha value is -5.49. The Bertz CT molecular complexity index is 2050. The van der Waals surface area contributed by atoms with Crippen LogP contribution in [0.4, 0.5) is 0 Å². The van der Waals surface area contributed by atoms with E-state index in [9.17, 15) is 22.8 Å². The summed E-state index contributed by atoms with van der Waals surface area (Å²) in [5, 5.41) is 4.49. The molecule has 3 N–H and O–H groups in total. The molecule has 0 aliphatic heterocycles. The van der Waals surface area contributed by atoms with E-state index in [2.05, 4.69) is 16.7 Å². The van der Waals surface area contributed by atoms with Gasteiger partial charge >= 0.3 is 0 Å². The maximum atomic E-state index is 14.8. The Morgan fingerprint density at radius 2 is 1.67 bits per heavy atom. The first-order valence-electron chi connectivity index (χ1n) is 15.3. The normalized spacial score (nSPS) is 12.7. The molecular formula is C36H37N5O6S. The molecule has 3 aromatic carbocycles. The van der Waals surface area contributed by atoms with Crippen molar-refractivity contribution in [1.29, 1.82) is 0 Å². The van der Waals surface area contributed by atoms with Gasteiger partial charge in [0.05, 0.1) is 11.9 Å². The number of fused-ring (bicyclic) bond motifs is 1. The standard InChI is InChI=1S/C36H37N5O6S/c1-5-16-48(45,46)41(31(34(37)42)21-28-22-38-30-9-7-6-8-29(28)30)36(44)32(40(4)35(43)27-18-23(2)17-24(3)19-27)20-25-10-12-26(13-11-25)33-14-15-39-47-33/h5-15,17-19,22,31-32,38H,1,16,20-21H2,2-4H3,(H2,37,42). The van der Waals surface area contributed by atoms with Crippen LogP contribution in [0.2, 0.25) is 0 Å². The summed E-state index contributed by atoms with van der Waals surface area (Å²) in [5.74, 6) is -2.57. The molecule has 5 aromatic rings. The second-order valence-corrected chi connectivity index (χ2v) is 13.7. The van der Waals surface area contributed by atoms with Gasteiger partial charge in [0.1, 0.15) is 12.1 Å². The van der Waals surface area contributed by atoms with Crippen LogP contribution in [0.15, 0.2) is 102 Å². The quantitative estimate of drug-likeness (QED) is 0.174. The van der Waals surface area contributed by atoms with E-state index in [4.69, 9.17) is 10.3 Å². The summed E-state index contributed by atoms with van der Waals surface area (Å²) < 4.78 is 33.6. The number of nitrogens with one attached hydrogen (secondary N) is 1. The molecule has 3 amide bonds. The lowest BCUT2D eigenvalue weighted by Gasteiger charge is -2.35. The van der Waals surface area contributed by atoms with Crippen LogP contribution in [0.1, 0.15) is 32.6 Å². The summed E-state index contributed by atoms with van der Waals surface area (Å²) in [6.07, 6.45) is 4.07. The van der Waals surface area contributed by atoms with Gasteiger partial charge in [-0.2, -0.15) is 0 Å². The first-order chi connectivity index (χ1) is 22.9. The van der Waals surface area contributed by atoms with Crippen LogP contribution in [0.25, 0.3) is 22.2 Å². The number of hydrogen-bond acceptors (Lipinski definition) is 7. The van der Waals surface area contributed by atoms with Crippen LogP contribution in [0.5, 0.6) is 0 Å². The zero-order valence-electron chi connectivity index (χ0n) is 26.9. The van der Waals surface area contributed by atoms with Crippen molar-refractivity contribution < 1.29 is 27.3 Å². The van der Waals surface area contributed by atoms with Gasteiger partial charge in [0.2, 0.25) is 15.9 Å². The van der Waals surface area contributed by atoms with E-state index in [1.165, 1.54) is 18.1 Å². The largest absolute Gasteiger partial charge is 0.368 e. The third-order valence-electron chi connectivity index (χ3n) is 8.19. The van der Waals surface area contributed by atoms with E-state index in [0.29, 0.717) is 26.8 Å². The highest BCUT2D eigenvalue weighted by Crippen LogP contribution is 2.26. The Morgan fingerprint density at radius 1 is 0.979 bits per heavy atom. The highest BCUT2D eigenvalue weighted by Gasteiger charge is 2.43. The third kappa shape index (κ3) is 7.23. The smallest absolute Gasteiger partial charge is 0.259 e. The van der Waals surface area contributed by atoms with Crippen molar-refractivity contribution in [1.82, 2.24) is 19.3 Å². The Labute approximate surface area is 279 Å². The molecule has 12 heteroatoms. The molecule has 48 heavy (non-hydrogen) atoms. The molecule has 0 fully saturated rings. The number of sulfonamides is 1. The molecule has 248 valence electrons. The zero-order valence-corrected chi connectivity index (χ0v) is 27.7. The van der Waals surface area contributed by atoms with Crippen LogP contribution in [0, 0.1) is 13.8 Å². The number of aryl methyl sites for hydroxylation is 2. The SMILES string of the molecule is C=CCS(=O)(=O)N(C(=O)C(Cc1ccc(-c2ccno2)cc1)N(C)C(=O)c1cc(C)cc(C)c1)C(Cc1c[nH]c2ccccc12)C(N)=O. The Kier molecular flexibility index (Phi) is 9.95. The number of benzene rings is 3. The summed E-state index contributed by atoms with van der Waals surface area (Å²) in [7, 11) is -3.04. The number of H-pyrrole nitrogens is 1. The average Bonchev–Trinajstić information content (AvgIpc) is 3.73. The molecule has 0 bridgehead atoms. The second-order valence-electron chi connectivity index (χ2n) is 11.8. The minimum absolute atomic E-state index is 0.0682. The van der Waals surface area contributed by atoms with Crippen molar-refractivity contribution in [2.45, 2.75) is 38.8 Å². The number of hydrogen-bond donors (Lipinski definition) is 2. The number of nitrogens with two attached hydrogens (primary N) is 1. The predicted octanol–water partition coefficient (Wildman–Crippen LogP) is 4.56. The van der Waals surface area contributed by atoms with Crippen LogP contribution in [-0.4, -0.2) is 70.4 Å². The Morgan fingerprint density at radius 3 is 2.29 bits per heavy atom. The number of aromatic amines is 1. The van der Waals surface area contributed by atoms with E-state index in [1.807, 2.05) is 44.2 Å². The molecule has 0 aliphatic rings. The maximum Gasteiger partial charge on any atom is 0.259 e. The summed E-state index contributed by atoms with van der Waals surface area (Å²) in [5.41, 5.74) is 10.6. The van der Waals surface area contributed by atoms with Gasteiger partial charge in [-0.05, 0) is 43.2 Å². The summed E-state index contributed by atoms with van der Waals surface area (Å²) in [6, 6.07) is 18.5. The molecule has 0 saturated heterocycles. The van der Waals surface area contributed by atoms with Gasteiger partial charge in [-0.25, -0.2) is 12.7 Å². The van der Waals surface area contributed by atoms with E-state index in [1.54, 1.807) is 48.7 Å². The number of nitrogens with zero attached hydrogens (tertiary/aromatic N) is 3. The van der Waals surface area contributed by atoms with Crippen LogP contribution in [-0.2, 0) is 32.5 Å². The van der Waals surface area contributed by atoms with Crippen molar-refractivity contribution in [2.75, 3.05) is 12.8 Å². The molecule has 0 spiro atoms. The second kappa shape index (κ2) is 14.1. The first kappa shape index (κ1) is 33.9. The van der Waals surface area contributed by atoms with Gasteiger partial charge in [-0.3, -0.25) is 14.4 Å². The monoisotopic (exact) mass is 667 g/mol. The lowest BCUT2D eigenvalue weighted by atomic mass is 9.99. The lowest BCUT2D eigenvalue weighted by Crippen LogP contribution is -2.59. The van der Waals surface area contributed by atoms with Gasteiger partial charge in [-0.15, -0.1) is 6.58 Å². The molecule has 2 aromatic heterocycles. The molecular weight excluding hydrogens is 630 g/mol. The molecule has 5 rings (SSSR count). The van der Waals surface area contributed by atoms with Crippen molar-refractivity contribution in [3.63, 3.8) is 0 Å². The van der Waals surface area contributed by atoms with Crippen LogP contribution >= 0.6 is 0 Å². The molecule has 2 atom stereocenters. The number of amides is 3. The van der Waals surface area contributed by atoms with Gasteiger partial charge < -0.3 is 20.1 Å². The lowest BCUT2D eigenvalue weighted by molar-refractivity contribution is -0.137. The predicted molar refractivity (Wildman–Crippen MR) is 183 cm³/mol. The van der Waals surface area contributed by atoms with Gasteiger partial charge in [0, 0.05) is 54.2 Å². The number of carbonyl (C=O) groups is 3. The maximum absolute atomic E-state index is 14.8. The van der Waals surface area contributed by atoms with Gasteiger partial charge in [0.25, 0.3) is 11.8 Å². The first-order valence-corrected chi connectivity index (χ1v) is 16.9. The molecule has 2 heterocycles. The molecule has 0 radical (unpaired) electrons. The van der Waals surface area contributed by atoms with Crippen LogP contribution < -0.4 is 5.73 Å².